The Kier molecular flexibility index (Phi) is 3.20. The number of thiophene rings is 1. The maximum Gasteiger partial charge on any atom is 0.0836 e. The molecule has 0 saturated carbocycles. The van der Waals surface area contributed by atoms with Gasteiger partial charge in [0.2, 0.25) is 0 Å². The maximum absolute atomic E-state index is 4.72. The molecule has 1 aliphatic rings. The van der Waals surface area contributed by atoms with Crippen LogP contribution in [0.3, 0.4) is 0 Å². The van der Waals surface area contributed by atoms with Crippen molar-refractivity contribution in [3.63, 3.8) is 0 Å². The van der Waals surface area contributed by atoms with Gasteiger partial charge in [0.1, 0.15) is 0 Å². The standard InChI is InChI=1S/C18H16N2S/c1-2-5-13(6-3-1)11-20-15-12-21-16-9-8-14-7-4-10-19-18(14)17(15)16/h1-3,5-6,8-9,11-12,19H,4,7,10H2. The van der Waals surface area contributed by atoms with Crippen LogP contribution in [0.15, 0.2) is 52.8 Å². The molecule has 0 aliphatic carbocycles. The summed E-state index contributed by atoms with van der Waals surface area (Å²) in [7, 11) is 0. The van der Waals surface area contributed by atoms with Gasteiger partial charge in [-0.3, -0.25) is 4.99 Å². The molecule has 0 unspecified atom stereocenters. The largest absolute Gasteiger partial charge is 0.384 e. The fraction of sp³-hybridized carbons (Fsp3) is 0.167. The first-order valence-corrected chi connectivity index (χ1v) is 8.16. The number of hydrogen-bond donors (Lipinski definition) is 1. The maximum atomic E-state index is 4.72. The average molecular weight is 292 g/mol. The zero-order valence-corrected chi connectivity index (χ0v) is 12.5. The normalized spacial score (nSPS) is 14.3. The lowest BCUT2D eigenvalue weighted by atomic mass is 10.0. The highest BCUT2D eigenvalue weighted by Gasteiger charge is 2.15. The van der Waals surface area contributed by atoms with Gasteiger partial charge in [-0.25, -0.2) is 0 Å². The summed E-state index contributed by atoms with van der Waals surface area (Å²) in [5.41, 5.74) is 4.92. The summed E-state index contributed by atoms with van der Waals surface area (Å²) >= 11 is 1.77. The number of aryl methyl sites for hydroxylation is 1. The molecule has 21 heavy (non-hydrogen) atoms. The van der Waals surface area contributed by atoms with Gasteiger partial charge in [-0.1, -0.05) is 36.4 Å². The Morgan fingerprint density at radius 2 is 2.00 bits per heavy atom. The predicted octanol–water partition coefficient (Wildman–Crippen LogP) is 5.01. The quantitative estimate of drug-likeness (QED) is 0.660. The number of rotatable bonds is 2. The molecule has 2 aromatic carbocycles. The van der Waals surface area contributed by atoms with Gasteiger partial charge >= 0.3 is 0 Å². The van der Waals surface area contributed by atoms with E-state index >= 15 is 0 Å². The van der Waals surface area contributed by atoms with Crippen LogP contribution in [-0.2, 0) is 6.42 Å². The van der Waals surface area contributed by atoms with E-state index < -0.39 is 0 Å². The fourth-order valence-electron chi connectivity index (χ4n) is 2.84. The first-order valence-electron chi connectivity index (χ1n) is 7.28. The van der Waals surface area contributed by atoms with Crippen molar-refractivity contribution in [2.45, 2.75) is 12.8 Å². The van der Waals surface area contributed by atoms with Crippen LogP contribution < -0.4 is 5.32 Å². The van der Waals surface area contributed by atoms with Crippen molar-refractivity contribution >= 4 is 39.0 Å². The van der Waals surface area contributed by atoms with Crippen LogP contribution in [-0.4, -0.2) is 12.8 Å². The Balaban J connectivity index is 1.80. The first kappa shape index (κ1) is 12.6. The van der Waals surface area contributed by atoms with Gasteiger partial charge in [0.05, 0.1) is 5.69 Å². The number of nitrogens with one attached hydrogen (secondary N) is 1. The molecule has 0 radical (unpaired) electrons. The third-order valence-electron chi connectivity index (χ3n) is 3.88. The van der Waals surface area contributed by atoms with Crippen LogP contribution >= 0.6 is 11.3 Å². The number of hydrogen-bond acceptors (Lipinski definition) is 3. The van der Waals surface area contributed by atoms with Crippen LogP contribution in [0.5, 0.6) is 0 Å². The van der Waals surface area contributed by atoms with E-state index in [-0.39, 0.29) is 0 Å². The SMILES string of the molecule is C(=Nc1csc2ccc3c(c12)NCCC3)c1ccccc1. The molecule has 0 spiro atoms. The minimum Gasteiger partial charge on any atom is -0.384 e. The molecule has 2 heterocycles. The number of fused-ring (bicyclic) bond motifs is 3. The van der Waals surface area contributed by atoms with Crippen molar-refractivity contribution in [2.24, 2.45) is 4.99 Å². The molecule has 104 valence electrons. The Hall–Kier alpha value is -2.13. The van der Waals surface area contributed by atoms with E-state index in [0.717, 1.165) is 24.2 Å². The molecule has 0 amide bonds. The second-order valence-electron chi connectivity index (χ2n) is 5.29. The Bertz CT molecular complexity index is 803. The van der Waals surface area contributed by atoms with Crippen molar-refractivity contribution in [2.75, 3.05) is 11.9 Å². The highest BCUT2D eigenvalue weighted by atomic mass is 32.1. The molecule has 0 saturated heterocycles. The van der Waals surface area contributed by atoms with Crippen molar-refractivity contribution < 1.29 is 0 Å². The second-order valence-corrected chi connectivity index (χ2v) is 6.20. The van der Waals surface area contributed by atoms with Crippen molar-refractivity contribution in [3.8, 4) is 0 Å². The van der Waals surface area contributed by atoms with Gasteiger partial charge in [-0.05, 0) is 30.0 Å². The van der Waals surface area contributed by atoms with Gasteiger partial charge in [0, 0.05) is 33.9 Å². The van der Waals surface area contributed by atoms with E-state index in [1.165, 1.54) is 27.8 Å². The van der Waals surface area contributed by atoms with Gasteiger partial charge in [-0.15, -0.1) is 11.3 Å². The van der Waals surface area contributed by atoms with E-state index in [1.807, 2.05) is 24.4 Å². The highest BCUT2D eigenvalue weighted by molar-refractivity contribution is 7.17. The number of benzene rings is 2. The molecule has 1 N–H and O–H groups in total. The molecule has 1 aromatic heterocycles. The molecule has 4 rings (SSSR count). The summed E-state index contributed by atoms with van der Waals surface area (Å²) < 4.78 is 1.31. The molecular formula is C18H16N2S. The highest BCUT2D eigenvalue weighted by Crippen LogP contribution is 2.41. The molecule has 3 heteroatoms. The van der Waals surface area contributed by atoms with Crippen molar-refractivity contribution in [1.29, 1.82) is 0 Å². The zero-order chi connectivity index (χ0) is 14.1. The summed E-state index contributed by atoms with van der Waals surface area (Å²) in [6, 6.07) is 14.7. The minimum atomic E-state index is 1.06. The molecule has 0 fully saturated rings. The van der Waals surface area contributed by atoms with Crippen molar-refractivity contribution in [1.82, 2.24) is 0 Å². The molecular weight excluding hydrogens is 276 g/mol. The van der Waals surface area contributed by atoms with Crippen molar-refractivity contribution in [3.05, 3.63) is 59.0 Å². The third-order valence-corrected chi connectivity index (χ3v) is 4.82. The Morgan fingerprint density at radius 3 is 2.90 bits per heavy atom. The monoisotopic (exact) mass is 292 g/mol. The number of aliphatic imine (C=N–C) groups is 1. The predicted molar refractivity (Wildman–Crippen MR) is 92.3 cm³/mol. The molecule has 2 nitrogen and oxygen atoms in total. The summed E-state index contributed by atoms with van der Waals surface area (Å²) in [6.07, 6.45) is 4.32. The smallest absolute Gasteiger partial charge is 0.0836 e. The van der Waals surface area contributed by atoms with Crippen LogP contribution in [0.25, 0.3) is 10.1 Å². The summed E-state index contributed by atoms with van der Waals surface area (Å²) in [4.78, 5) is 4.72. The van der Waals surface area contributed by atoms with Gasteiger partial charge in [-0.2, -0.15) is 0 Å². The van der Waals surface area contributed by atoms with Gasteiger partial charge in [0.15, 0.2) is 0 Å². The second kappa shape index (κ2) is 5.34. The lowest BCUT2D eigenvalue weighted by Gasteiger charge is -2.19. The summed E-state index contributed by atoms with van der Waals surface area (Å²) in [6.45, 7) is 1.06. The van der Waals surface area contributed by atoms with Gasteiger partial charge < -0.3 is 5.32 Å². The summed E-state index contributed by atoms with van der Waals surface area (Å²) in [5.74, 6) is 0. The van der Waals surface area contributed by atoms with Crippen LogP contribution in [0, 0.1) is 0 Å². The minimum absolute atomic E-state index is 1.06. The Labute approximate surface area is 128 Å². The lowest BCUT2D eigenvalue weighted by Crippen LogP contribution is -2.11. The summed E-state index contributed by atoms with van der Waals surface area (Å²) in [5, 5.41) is 7.00. The molecule has 1 aliphatic heterocycles. The van der Waals surface area contributed by atoms with Crippen LogP contribution in [0.4, 0.5) is 11.4 Å². The van der Waals surface area contributed by atoms with E-state index in [0.29, 0.717) is 0 Å². The lowest BCUT2D eigenvalue weighted by molar-refractivity contribution is 0.833. The fourth-order valence-corrected chi connectivity index (χ4v) is 3.73. The van der Waals surface area contributed by atoms with E-state index in [4.69, 9.17) is 4.99 Å². The zero-order valence-electron chi connectivity index (χ0n) is 11.7. The number of anilines is 1. The topological polar surface area (TPSA) is 24.4 Å². The first-order chi connectivity index (χ1) is 10.4. The molecule has 0 atom stereocenters. The molecule has 0 bridgehead atoms. The molecule has 3 aromatic rings. The number of nitrogens with zero attached hydrogens (tertiary/aromatic N) is 1. The average Bonchev–Trinajstić information content (AvgIpc) is 2.97. The van der Waals surface area contributed by atoms with E-state index in [1.54, 1.807) is 11.3 Å². The van der Waals surface area contributed by atoms with Crippen LogP contribution in [0.2, 0.25) is 0 Å². The van der Waals surface area contributed by atoms with Crippen LogP contribution in [0.1, 0.15) is 17.5 Å². The third kappa shape index (κ3) is 2.34. The Morgan fingerprint density at radius 1 is 1.10 bits per heavy atom. The van der Waals surface area contributed by atoms with E-state index in [2.05, 4.69) is 35.0 Å². The van der Waals surface area contributed by atoms with E-state index in [9.17, 15) is 0 Å². The van der Waals surface area contributed by atoms with Gasteiger partial charge in [0.25, 0.3) is 0 Å².